The van der Waals surface area contributed by atoms with Crippen molar-refractivity contribution < 1.29 is 9.47 Å². The Balaban J connectivity index is 2.45. The lowest BCUT2D eigenvalue weighted by Crippen LogP contribution is -2.11. The predicted molar refractivity (Wildman–Crippen MR) is 67.3 cm³/mol. The zero-order chi connectivity index (χ0) is 12.0. The number of nitrogens with two attached hydrogens (primary N) is 1. The number of benzene rings is 1. The van der Waals surface area contributed by atoms with E-state index in [1.165, 1.54) is 0 Å². The number of amidine groups is 1. The van der Waals surface area contributed by atoms with Crippen molar-refractivity contribution in [2.24, 2.45) is 5.73 Å². The van der Waals surface area contributed by atoms with Crippen LogP contribution in [-0.4, -0.2) is 19.6 Å². The van der Waals surface area contributed by atoms with Gasteiger partial charge in [-0.3, -0.25) is 5.41 Å². The average Bonchev–Trinajstić information content (AvgIpc) is 2.25. The summed E-state index contributed by atoms with van der Waals surface area (Å²) in [6.45, 7) is 0.546. The summed E-state index contributed by atoms with van der Waals surface area (Å²) in [6, 6.07) is 5.53. The summed E-state index contributed by atoms with van der Waals surface area (Å²) in [4.78, 5) is 0. The van der Waals surface area contributed by atoms with E-state index in [1.807, 2.05) is 18.2 Å². The van der Waals surface area contributed by atoms with Crippen molar-refractivity contribution in [3.63, 3.8) is 0 Å². The molecule has 0 aromatic heterocycles. The minimum Gasteiger partial charge on any atom is -0.497 e. The molecule has 0 saturated carbocycles. The van der Waals surface area contributed by atoms with Crippen molar-refractivity contribution >= 4 is 21.8 Å². The zero-order valence-electron chi connectivity index (χ0n) is 9.13. The molecule has 16 heavy (non-hydrogen) atoms. The SMILES string of the molecule is COc1ccc(OCCCC(=N)N)c(Br)c1. The number of rotatable bonds is 6. The van der Waals surface area contributed by atoms with Crippen LogP contribution in [0.1, 0.15) is 12.8 Å². The predicted octanol–water partition coefficient (Wildman–Crippen LogP) is 2.55. The fourth-order valence-electron chi connectivity index (χ4n) is 1.17. The summed E-state index contributed by atoms with van der Waals surface area (Å²) < 4.78 is 11.5. The first-order valence-electron chi connectivity index (χ1n) is 4.92. The van der Waals surface area contributed by atoms with Gasteiger partial charge in [-0.25, -0.2) is 0 Å². The first-order chi connectivity index (χ1) is 7.63. The van der Waals surface area contributed by atoms with Gasteiger partial charge in [-0.1, -0.05) is 0 Å². The van der Waals surface area contributed by atoms with Gasteiger partial charge in [0.25, 0.3) is 0 Å². The average molecular weight is 287 g/mol. The zero-order valence-corrected chi connectivity index (χ0v) is 10.7. The van der Waals surface area contributed by atoms with E-state index < -0.39 is 0 Å². The third-order valence-electron chi connectivity index (χ3n) is 1.99. The van der Waals surface area contributed by atoms with E-state index >= 15 is 0 Å². The summed E-state index contributed by atoms with van der Waals surface area (Å²) in [5.41, 5.74) is 5.24. The summed E-state index contributed by atoms with van der Waals surface area (Å²) >= 11 is 3.40. The molecule has 0 bridgehead atoms. The Labute approximate surface area is 103 Å². The Morgan fingerprint density at radius 1 is 1.50 bits per heavy atom. The molecule has 0 fully saturated rings. The van der Waals surface area contributed by atoms with E-state index in [4.69, 9.17) is 20.6 Å². The molecule has 0 aliphatic heterocycles. The Kier molecular flexibility index (Phi) is 5.11. The van der Waals surface area contributed by atoms with E-state index in [9.17, 15) is 0 Å². The van der Waals surface area contributed by atoms with Crippen LogP contribution in [0.3, 0.4) is 0 Å². The van der Waals surface area contributed by atoms with Crippen molar-refractivity contribution in [2.75, 3.05) is 13.7 Å². The van der Waals surface area contributed by atoms with E-state index in [1.54, 1.807) is 7.11 Å². The second-order valence-corrected chi connectivity index (χ2v) is 4.13. The van der Waals surface area contributed by atoms with Crippen molar-refractivity contribution in [1.82, 2.24) is 0 Å². The van der Waals surface area contributed by atoms with Crippen molar-refractivity contribution in [3.8, 4) is 11.5 Å². The summed E-state index contributed by atoms with van der Waals surface area (Å²) in [5, 5.41) is 7.07. The molecule has 0 amide bonds. The van der Waals surface area contributed by atoms with Crippen molar-refractivity contribution in [1.29, 1.82) is 5.41 Å². The highest BCUT2D eigenvalue weighted by molar-refractivity contribution is 9.10. The molecular weight excluding hydrogens is 272 g/mol. The van der Waals surface area contributed by atoms with Gasteiger partial charge in [-0.05, 0) is 40.5 Å². The van der Waals surface area contributed by atoms with Crippen LogP contribution < -0.4 is 15.2 Å². The van der Waals surface area contributed by atoms with Gasteiger partial charge in [-0.15, -0.1) is 0 Å². The second-order valence-electron chi connectivity index (χ2n) is 3.27. The molecule has 0 aliphatic carbocycles. The van der Waals surface area contributed by atoms with Crippen LogP contribution in [0.4, 0.5) is 0 Å². The molecule has 3 N–H and O–H groups in total. The van der Waals surface area contributed by atoms with Gasteiger partial charge in [0.2, 0.25) is 0 Å². The number of methoxy groups -OCH3 is 1. The summed E-state index contributed by atoms with van der Waals surface area (Å²) in [5.74, 6) is 1.74. The normalized spacial score (nSPS) is 9.88. The molecule has 0 spiro atoms. The molecule has 0 atom stereocenters. The second kappa shape index (κ2) is 6.37. The van der Waals surface area contributed by atoms with Gasteiger partial charge in [0.05, 0.1) is 24.0 Å². The van der Waals surface area contributed by atoms with Gasteiger partial charge in [0, 0.05) is 6.42 Å². The van der Waals surface area contributed by atoms with Crippen LogP contribution in [0.5, 0.6) is 11.5 Å². The highest BCUT2D eigenvalue weighted by Gasteiger charge is 2.02. The molecule has 0 saturated heterocycles. The third kappa shape index (κ3) is 4.10. The molecule has 1 aromatic carbocycles. The molecule has 5 heteroatoms. The number of nitrogens with one attached hydrogen (secondary N) is 1. The minimum absolute atomic E-state index is 0.192. The summed E-state index contributed by atoms with van der Waals surface area (Å²) in [7, 11) is 1.62. The lowest BCUT2D eigenvalue weighted by Gasteiger charge is -2.09. The van der Waals surface area contributed by atoms with Crippen LogP contribution >= 0.6 is 15.9 Å². The maximum absolute atomic E-state index is 7.07. The molecule has 88 valence electrons. The van der Waals surface area contributed by atoms with E-state index in [0.717, 1.165) is 22.4 Å². The van der Waals surface area contributed by atoms with E-state index in [2.05, 4.69) is 15.9 Å². The highest BCUT2D eigenvalue weighted by atomic mass is 79.9. The van der Waals surface area contributed by atoms with Gasteiger partial charge in [0.1, 0.15) is 11.5 Å². The first kappa shape index (κ1) is 12.8. The lowest BCUT2D eigenvalue weighted by atomic mass is 10.3. The monoisotopic (exact) mass is 286 g/mol. The molecular formula is C11H15BrN2O2. The largest absolute Gasteiger partial charge is 0.497 e. The van der Waals surface area contributed by atoms with Crippen LogP contribution in [0, 0.1) is 5.41 Å². The van der Waals surface area contributed by atoms with Crippen molar-refractivity contribution in [2.45, 2.75) is 12.8 Å². The number of ether oxygens (including phenoxy) is 2. The third-order valence-corrected chi connectivity index (χ3v) is 2.61. The maximum Gasteiger partial charge on any atom is 0.133 e. The number of hydrogen-bond donors (Lipinski definition) is 2. The van der Waals surface area contributed by atoms with Crippen LogP contribution in [0.25, 0.3) is 0 Å². The van der Waals surface area contributed by atoms with Crippen molar-refractivity contribution in [3.05, 3.63) is 22.7 Å². The van der Waals surface area contributed by atoms with Gasteiger partial charge in [0.15, 0.2) is 0 Å². The van der Waals surface area contributed by atoms with Crippen LogP contribution in [-0.2, 0) is 0 Å². The fraction of sp³-hybridized carbons (Fsp3) is 0.364. The summed E-state index contributed by atoms with van der Waals surface area (Å²) in [6.07, 6.45) is 1.31. The molecule has 4 nitrogen and oxygen atoms in total. The number of hydrogen-bond acceptors (Lipinski definition) is 3. The lowest BCUT2D eigenvalue weighted by molar-refractivity contribution is 0.310. The molecule has 1 aromatic rings. The van der Waals surface area contributed by atoms with Crippen LogP contribution in [0.2, 0.25) is 0 Å². The van der Waals surface area contributed by atoms with Gasteiger partial charge in [-0.2, -0.15) is 0 Å². The molecule has 1 rings (SSSR count). The minimum atomic E-state index is 0.192. The Bertz CT molecular complexity index is 369. The molecule has 0 radical (unpaired) electrons. The quantitative estimate of drug-likeness (QED) is 0.480. The highest BCUT2D eigenvalue weighted by Crippen LogP contribution is 2.29. The first-order valence-corrected chi connectivity index (χ1v) is 5.72. The smallest absolute Gasteiger partial charge is 0.133 e. The fourth-order valence-corrected chi connectivity index (χ4v) is 1.64. The molecule has 0 heterocycles. The Hall–Kier alpha value is -1.23. The Morgan fingerprint density at radius 3 is 2.81 bits per heavy atom. The standard InChI is InChI=1S/C11H15BrN2O2/c1-15-8-4-5-10(9(12)7-8)16-6-2-3-11(13)14/h4-5,7H,2-3,6H2,1H3,(H3,13,14). The molecule has 0 unspecified atom stereocenters. The van der Waals surface area contributed by atoms with Gasteiger partial charge < -0.3 is 15.2 Å². The number of halogens is 1. The van der Waals surface area contributed by atoms with Gasteiger partial charge >= 0.3 is 0 Å². The Morgan fingerprint density at radius 2 is 2.25 bits per heavy atom. The molecule has 0 aliphatic rings. The van der Waals surface area contributed by atoms with E-state index in [0.29, 0.717) is 13.0 Å². The van der Waals surface area contributed by atoms with Crippen LogP contribution in [0.15, 0.2) is 22.7 Å². The topological polar surface area (TPSA) is 68.3 Å². The maximum atomic E-state index is 7.07. The van der Waals surface area contributed by atoms with E-state index in [-0.39, 0.29) is 5.84 Å².